The largest absolute Gasteiger partial charge is 0.487 e. The van der Waals surface area contributed by atoms with Gasteiger partial charge in [0.25, 0.3) is 0 Å². The molecule has 1 saturated carbocycles. The van der Waals surface area contributed by atoms with Gasteiger partial charge in [-0.05, 0) is 43.2 Å². The van der Waals surface area contributed by atoms with Crippen LogP contribution in [0.1, 0.15) is 37.3 Å². The van der Waals surface area contributed by atoms with Crippen molar-refractivity contribution >= 4 is 11.6 Å². The molecule has 0 N–H and O–H groups in total. The van der Waals surface area contributed by atoms with Gasteiger partial charge in [-0.15, -0.1) is 11.6 Å². The van der Waals surface area contributed by atoms with Gasteiger partial charge < -0.3 is 4.74 Å². The number of ether oxygens (including phenoxy) is 1. The van der Waals surface area contributed by atoms with Crippen molar-refractivity contribution in [2.75, 3.05) is 5.88 Å². The second kappa shape index (κ2) is 3.40. The molecule has 2 atom stereocenters. The quantitative estimate of drug-likeness (QED) is 0.711. The van der Waals surface area contributed by atoms with Crippen molar-refractivity contribution < 1.29 is 4.74 Å². The molecule has 1 aromatic carbocycles. The van der Waals surface area contributed by atoms with E-state index < -0.39 is 0 Å². The number of para-hydroxylation sites is 1. The van der Waals surface area contributed by atoms with Crippen LogP contribution in [-0.2, 0) is 6.42 Å². The average molecular weight is 237 g/mol. The van der Waals surface area contributed by atoms with E-state index in [1.807, 2.05) is 0 Å². The molecule has 0 aromatic heterocycles. The predicted molar refractivity (Wildman–Crippen MR) is 66.4 cm³/mol. The van der Waals surface area contributed by atoms with Crippen LogP contribution in [0.5, 0.6) is 5.75 Å². The summed E-state index contributed by atoms with van der Waals surface area (Å²) in [6, 6.07) is 6.55. The average Bonchev–Trinajstić information content (AvgIpc) is 2.92. The van der Waals surface area contributed by atoms with E-state index in [1.165, 1.54) is 17.5 Å². The van der Waals surface area contributed by atoms with Gasteiger partial charge in [0.2, 0.25) is 0 Å². The maximum atomic E-state index is 6.08. The summed E-state index contributed by atoms with van der Waals surface area (Å²) >= 11 is 5.91. The van der Waals surface area contributed by atoms with Crippen LogP contribution in [0.25, 0.3) is 0 Å². The van der Waals surface area contributed by atoms with Crippen molar-refractivity contribution in [1.29, 1.82) is 0 Å². The Morgan fingerprint density at radius 3 is 2.94 bits per heavy atom. The molecule has 2 heteroatoms. The number of hydrogen-bond donors (Lipinski definition) is 0. The maximum Gasteiger partial charge on any atom is 0.126 e. The van der Waals surface area contributed by atoms with Crippen molar-refractivity contribution in [3.63, 3.8) is 0 Å². The molecule has 0 spiro atoms. The monoisotopic (exact) mass is 236 g/mol. The molecule has 16 heavy (non-hydrogen) atoms. The molecular weight excluding hydrogens is 220 g/mol. The number of benzene rings is 1. The summed E-state index contributed by atoms with van der Waals surface area (Å²) in [5, 5.41) is 0. The van der Waals surface area contributed by atoms with Crippen LogP contribution >= 0.6 is 11.6 Å². The Bertz CT molecular complexity index is 425. The van der Waals surface area contributed by atoms with Crippen LogP contribution in [0.2, 0.25) is 0 Å². The predicted octanol–water partition coefficient (Wildman–Crippen LogP) is 3.74. The van der Waals surface area contributed by atoms with E-state index >= 15 is 0 Å². The summed E-state index contributed by atoms with van der Waals surface area (Å²) in [6.07, 6.45) is 2.25. The van der Waals surface area contributed by atoms with Crippen LogP contribution in [0, 0.1) is 5.92 Å². The van der Waals surface area contributed by atoms with E-state index in [4.69, 9.17) is 16.3 Å². The first-order valence-corrected chi connectivity index (χ1v) is 6.51. The highest BCUT2D eigenvalue weighted by atomic mass is 35.5. The van der Waals surface area contributed by atoms with Crippen molar-refractivity contribution in [1.82, 2.24) is 0 Å². The van der Waals surface area contributed by atoms with Crippen molar-refractivity contribution in [3.8, 4) is 5.75 Å². The van der Waals surface area contributed by atoms with Gasteiger partial charge in [0.05, 0.1) is 0 Å². The zero-order valence-corrected chi connectivity index (χ0v) is 10.6. The van der Waals surface area contributed by atoms with Crippen LogP contribution in [0.15, 0.2) is 18.2 Å². The molecule has 1 aliphatic carbocycles. The van der Waals surface area contributed by atoms with E-state index in [9.17, 15) is 0 Å². The summed E-state index contributed by atoms with van der Waals surface area (Å²) in [5.74, 6) is 3.23. The summed E-state index contributed by atoms with van der Waals surface area (Å²) in [4.78, 5) is 0. The lowest BCUT2D eigenvalue weighted by Crippen LogP contribution is -2.24. The molecule has 0 amide bonds. The van der Waals surface area contributed by atoms with Gasteiger partial charge in [0, 0.05) is 12.3 Å². The summed E-state index contributed by atoms with van der Waals surface area (Å²) in [7, 11) is 0. The molecule has 1 nitrogen and oxygen atoms in total. The molecule has 0 bridgehead atoms. The molecule has 0 radical (unpaired) electrons. The highest BCUT2D eigenvalue weighted by Gasteiger charge is 2.42. The second-order valence-electron chi connectivity index (χ2n) is 5.63. The van der Waals surface area contributed by atoms with Crippen molar-refractivity contribution in [3.05, 3.63) is 29.3 Å². The molecule has 2 unspecified atom stereocenters. The van der Waals surface area contributed by atoms with E-state index in [1.54, 1.807) is 0 Å². The lowest BCUT2D eigenvalue weighted by atomic mass is 9.99. The third kappa shape index (κ3) is 1.62. The zero-order chi connectivity index (χ0) is 11.3. The lowest BCUT2D eigenvalue weighted by Gasteiger charge is -2.18. The highest BCUT2D eigenvalue weighted by Crippen LogP contribution is 2.53. The Morgan fingerprint density at radius 1 is 1.44 bits per heavy atom. The molecule has 1 aliphatic heterocycles. The fourth-order valence-electron chi connectivity index (χ4n) is 2.73. The minimum absolute atomic E-state index is 0.0379. The molecule has 0 saturated heterocycles. The van der Waals surface area contributed by atoms with E-state index in [-0.39, 0.29) is 5.60 Å². The van der Waals surface area contributed by atoms with Gasteiger partial charge in [-0.25, -0.2) is 0 Å². The number of hydrogen-bond acceptors (Lipinski definition) is 1. The smallest absolute Gasteiger partial charge is 0.126 e. The second-order valence-corrected chi connectivity index (χ2v) is 5.94. The normalized spacial score (nSPS) is 29.7. The van der Waals surface area contributed by atoms with E-state index in [0.717, 1.165) is 18.1 Å². The Balaban J connectivity index is 1.95. The van der Waals surface area contributed by atoms with Gasteiger partial charge in [-0.2, -0.15) is 0 Å². The molecule has 2 aliphatic rings. The molecule has 1 heterocycles. The Labute approximate surface area is 102 Å². The highest BCUT2D eigenvalue weighted by molar-refractivity contribution is 6.18. The Morgan fingerprint density at radius 2 is 2.25 bits per heavy atom. The van der Waals surface area contributed by atoms with Crippen LogP contribution in [-0.4, -0.2) is 11.5 Å². The molecule has 1 aromatic rings. The number of halogens is 1. The van der Waals surface area contributed by atoms with Crippen LogP contribution in [0.3, 0.4) is 0 Å². The molecular formula is C14H17ClO. The molecule has 86 valence electrons. The Hall–Kier alpha value is -0.690. The van der Waals surface area contributed by atoms with Crippen molar-refractivity contribution in [2.24, 2.45) is 5.92 Å². The number of rotatable bonds is 2. The van der Waals surface area contributed by atoms with E-state index in [2.05, 4.69) is 32.0 Å². The number of fused-ring (bicyclic) bond motifs is 1. The summed E-state index contributed by atoms with van der Waals surface area (Å²) < 4.78 is 6.08. The van der Waals surface area contributed by atoms with Gasteiger partial charge in [-0.1, -0.05) is 18.2 Å². The first-order valence-electron chi connectivity index (χ1n) is 5.97. The fraction of sp³-hybridized carbons (Fsp3) is 0.571. The minimum Gasteiger partial charge on any atom is -0.487 e. The summed E-state index contributed by atoms with van der Waals surface area (Å²) in [5.41, 5.74) is 2.71. The standard InChI is InChI=1S/C14H17ClO/c1-14(2)7-9-4-3-5-11(13(9)16-14)12-6-10(12)8-15/h3-5,10,12H,6-8H2,1-2H3. The van der Waals surface area contributed by atoms with Gasteiger partial charge in [-0.3, -0.25) is 0 Å². The topological polar surface area (TPSA) is 9.23 Å². The van der Waals surface area contributed by atoms with E-state index in [0.29, 0.717) is 11.8 Å². The molecule has 1 fully saturated rings. The van der Waals surface area contributed by atoms with Gasteiger partial charge in [0.15, 0.2) is 0 Å². The maximum absolute atomic E-state index is 6.08. The zero-order valence-electron chi connectivity index (χ0n) is 9.79. The number of alkyl halides is 1. The van der Waals surface area contributed by atoms with Crippen LogP contribution < -0.4 is 4.74 Å². The third-order valence-electron chi connectivity index (χ3n) is 3.64. The Kier molecular flexibility index (Phi) is 2.22. The summed E-state index contributed by atoms with van der Waals surface area (Å²) in [6.45, 7) is 4.31. The first-order chi connectivity index (χ1) is 7.61. The van der Waals surface area contributed by atoms with Gasteiger partial charge in [0.1, 0.15) is 11.4 Å². The van der Waals surface area contributed by atoms with Crippen LogP contribution in [0.4, 0.5) is 0 Å². The third-order valence-corrected chi connectivity index (χ3v) is 4.04. The SMILES string of the molecule is CC1(C)Cc2cccc(C3CC3CCl)c2O1. The molecule has 3 rings (SSSR count). The first kappa shape index (κ1) is 10.5. The fourth-order valence-corrected chi connectivity index (χ4v) is 3.07. The van der Waals surface area contributed by atoms with Gasteiger partial charge >= 0.3 is 0 Å². The lowest BCUT2D eigenvalue weighted by molar-refractivity contribution is 0.137. The minimum atomic E-state index is -0.0379. The van der Waals surface area contributed by atoms with Crippen molar-refractivity contribution in [2.45, 2.75) is 38.2 Å².